The minimum atomic E-state index is 0.631. The molecule has 0 bridgehead atoms. The van der Waals surface area contributed by atoms with E-state index in [1.54, 1.807) is 0 Å². The molecule has 0 unspecified atom stereocenters. The van der Waals surface area contributed by atoms with Crippen LogP contribution in [0.15, 0.2) is 18.7 Å². The Morgan fingerprint density at radius 2 is 2.12 bits per heavy atom. The molecule has 0 N–H and O–H groups in total. The first kappa shape index (κ1) is 13.7. The number of imidazole rings is 1. The van der Waals surface area contributed by atoms with Gasteiger partial charge in [0.1, 0.15) is 12.4 Å². The maximum atomic E-state index is 8.41. The highest BCUT2D eigenvalue weighted by atomic mass is 16.5. The summed E-state index contributed by atoms with van der Waals surface area (Å²) in [4.78, 5) is 0. The molecule has 1 rings (SSSR count). The van der Waals surface area contributed by atoms with Gasteiger partial charge in [0.05, 0.1) is 12.6 Å². The highest BCUT2D eigenvalue weighted by Gasteiger charge is 2.02. The molecule has 0 saturated carbocycles. The standard InChI is InChI=1S/C13H22N3O/c1-2-17-13-16-11-10-15(12-16)9-7-5-3-4-6-8-14/h10-12H,2-7,9,13H2,1H3/q+1. The second-order valence-corrected chi connectivity index (χ2v) is 4.11. The predicted octanol–water partition coefficient (Wildman–Crippen LogP) is 2.24. The summed E-state index contributed by atoms with van der Waals surface area (Å²) in [7, 11) is 0. The molecule has 0 saturated heterocycles. The molecule has 0 aliphatic rings. The van der Waals surface area contributed by atoms with Gasteiger partial charge >= 0.3 is 0 Å². The number of hydrogen-bond donors (Lipinski definition) is 0. The molecule has 0 atom stereocenters. The number of rotatable bonds is 9. The van der Waals surface area contributed by atoms with Crippen LogP contribution in [0.3, 0.4) is 0 Å². The van der Waals surface area contributed by atoms with E-state index < -0.39 is 0 Å². The third-order valence-corrected chi connectivity index (χ3v) is 2.65. The summed E-state index contributed by atoms with van der Waals surface area (Å²) in [5.74, 6) is 0. The van der Waals surface area contributed by atoms with Crippen molar-refractivity contribution < 1.29 is 9.30 Å². The largest absolute Gasteiger partial charge is 0.342 e. The third kappa shape index (κ3) is 6.08. The van der Waals surface area contributed by atoms with Crippen LogP contribution >= 0.6 is 0 Å². The van der Waals surface area contributed by atoms with Gasteiger partial charge in [0.2, 0.25) is 6.33 Å². The van der Waals surface area contributed by atoms with E-state index >= 15 is 0 Å². The summed E-state index contributed by atoms with van der Waals surface area (Å²) in [6, 6.07) is 2.18. The lowest BCUT2D eigenvalue weighted by Crippen LogP contribution is -2.32. The zero-order chi connectivity index (χ0) is 12.3. The Labute approximate surface area is 103 Å². The molecule has 1 heterocycles. The monoisotopic (exact) mass is 236 g/mol. The van der Waals surface area contributed by atoms with Crippen molar-refractivity contribution in [2.45, 2.75) is 52.3 Å². The first-order chi connectivity index (χ1) is 8.36. The number of nitriles is 1. The summed E-state index contributed by atoms with van der Waals surface area (Å²) in [6.45, 7) is 4.42. The molecule has 1 aromatic heterocycles. The number of nitrogens with zero attached hydrogens (tertiary/aromatic N) is 3. The molecule has 0 fully saturated rings. The van der Waals surface area contributed by atoms with Crippen molar-refractivity contribution in [3.05, 3.63) is 18.7 Å². The van der Waals surface area contributed by atoms with Crippen LogP contribution < -0.4 is 4.57 Å². The molecule has 94 valence electrons. The third-order valence-electron chi connectivity index (χ3n) is 2.65. The molecule has 0 aromatic carbocycles. The van der Waals surface area contributed by atoms with E-state index in [0.29, 0.717) is 13.2 Å². The summed E-state index contributed by atoms with van der Waals surface area (Å²) in [5.41, 5.74) is 0. The second kappa shape index (κ2) is 8.77. The first-order valence-electron chi connectivity index (χ1n) is 6.36. The number of aromatic nitrogens is 2. The zero-order valence-electron chi connectivity index (χ0n) is 10.6. The maximum Gasteiger partial charge on any atom is 0.245 e. The Hall–Kier alpha value is -1.34. The summed E-state index contributed by atoms with van der Waals surface area (Å²) in [5, 5.41) is 8.41. The number of aryl methyl sites for hydroxylation is 1. The molecular weight excluding hydrogens is 214 g/mol. The zero-order valence-corrected chi connectivity index (χ0v) is 10.6. The maximum absolute atomic E-state index is 8.41. The molecule has 0 aliphatic heterocycles. The molecule has 4 nitrogen and oxygen atoms in total. The van der Waals surface area contributed by atoms with Gasteiger partial charge in [0.25, 0.3) is 0 Å². The average Bonchev–Trinajstić information content (AvgIpc) is 2.79. The van der Waals surface area contributed by atoms with E-state index in [9.17, 15) is 0 Å². The van der Waals surface area contributed by atoms with Gasteiger partial charge in [-0.25, -0.2) is 9.13 Å². The molecule has 0 spiro atoms. The Bertz CT molecular complexity index is 341. The van der Waals surface area contributed by atoms with Crippen molar-refractivity contribution >= 4 is 0 Å². The van der Waals surface area contributed by atoms with Gasteiger partial charge in [0.15, 0.2) is 6.73 Å². The number of unbranched alkanes of at least 4 members (excludes halogenated alkanes) is 4. The fourth-order valence-corrected chi connectivity index (χ4v) is 1.70. The summed E-state index contributed by atoms with van der Waals surface area (Å²) in [6.07, 6.45) is 11.4. The van der Waals surface area contributed by atoms with Gasteiger partial charge in [-0.2, -0.15) is 5.26 Å². The van der Waals surface area contributed by atoms with E-state index in [4.69, 9.17) is 10.00 Å². The fourth-order valence-electron chi connectivity index (χ4n) is 1.70. The van der Waals surface area contributed by atoms with Crippen molar-refractivity contribution in [1.29, 1.82) is 5.26 Å². The quantitative estimate of drug-likeness (QED) is 0.487. The van der Waals surface area contributed by atoms with Crippen molar-refractivity contribution in [2.75, 3.05) is 6.61 Å². The molecule has 0 amide bonds. The van der Waals surface area contributed by atoms with Crippen LogP contribution in [-0.4, -0.2) is 11.2 Å². The van der Waals surface area contributed by atoms with Gasteiger partial charge in [-0.05, 0) is 26.2 Å². The Morgan fingerprint density at radius 3 is 2.88 bits per heavy atom. The average molecular weight is 236 g/mol. The van der Waals surface area contributed by atoms with Gasteiger partial charge in [-0.1, -0.05) is 6.42 Å². The molecule has 0 radical (unpaired) electrons. The van der Waals surface area contributed by atoms with E-state index in [2.05, 4.69) is 23.2 Å². The van der Waals surface area contributed by atoms with Crippen LogP contribution in [0.5, 0.6) is 0 Å². The topological polar surface area (TPSA) is 41.8 Å². The normalized spacial score (nSPS) is 10.4. The van der Waals surface area contributed by atoms with Crippen LogP contribution in [-0.2, 0) is 18.0 Å². The van der Waals surface area contributed by atoms with Crippen LogP contribution in [0.4, 0.5) is 0 Å². The Balaban J connectivity index is 2.10. The Kier molecular flexibility index (Phi) is 7.08. The Morgan fingerprint density at radius 1 is 1.29 bits per heavy atom. The minimum Gasteiger partial charge on any atom is -0.342 e. The van der Waals surface area contributed by atoms with E-state index in [1.807, 2.05) is 17.7 Å². The lowest BCUT2D eigenvalue weighted by molar-refractivity contribution is -0.732. The minimum absolute atomic E-state index is 0.631. The first-order valence-corrected chi connectivity index (χ1v) is 6.36. The number of ether oxygens (including phenoxy) is 1. The van der Waals surface area contributed by atoms with Crippen molar-refractivity contribution in [3.63, 3.8) is 0 Å². The molecule has 0 aliphatic carbocycles. The fraction of sp³-hybridized carbons (Fsp3) is 0.692. The predicted molar refractivity (Wildman–Crippen MR) is 65.0 cm³/mol. The van der Waals surface area contributed by atoms with Crippen molar-refractivity contribution in [3.8, 4) is 6.07 Å². The lowest BCUT2D eigenvalue weighted by atomic mass is 10.1. The van der Waals surface area contributed by atoms with Gasteiger partial charge in [0, 0.05) is 13.0 Å². The van der Waals surface area contributed by atoms with Crippen molar-refractivity contribution in [2.24, 2.45) is 0 Å². The lowest BCUT2D eigenvalue weighted by Gasteiger charge is -1.97. The van der Waals surface area contributed by atoms with Crippen LogP contribution in [0, 0.1) is 11.3 Å². The van der Waals surface area contributed by atoms with Gasteiger partial charge in [-0.3, -0.25) is 0 Å². The van der Waals surface area contributed by atoms with Crippen LogP contribution in [0.2, 0.25) is 0 Å². The smallest absolute Gasteiger partial charge is 0.245 e. The van der Waals surface area contributed by atoms with Crippen molar-refractivity contribution in [1.82, 2.24) is 4.57 Å². The highest BCUT2D eigenvalue weighted by Crippen LogP contribution is 2.03. The summed E-state index contributed by atoms with van der Waals surface area (Å²) >= 11 is 0. The molecular formula is C13H22N3O+. The SMILES string of the molecule is CCOC[n+]1ccn(CCCCCCC#N)c1. The van der Waals surface area contributed by atoms with Crippen LogP contribution in [0.25, 0.3) is 0 Å². The second-order valence-electron chi connectivity index (χ2n) is 4.11. The molecule has 4 heteroatoms. The van der Waals surface area contributed by atoms with Crippen LogP contribution in [0.1, 0.15) is 39.0 Å². The van der Waals surface area contributed by atoms with Gasteiger partial charge in [-0.15, -0.1) is 0 Å². The number of hydrogen-bond acceptors (Lipinski definition) is 2. The van der Waals surface area contributed by atoms with E-state index in [1.165, 1.54) is 12.8 Å². The molecule has 17 heavy (non-hydrogen) atoms. The summed E-state index contributed by atoms with van der Waals surface area (Å²) < 4.78 is 9.55. The van der Waals surface area contributed by atoms with E-state index in [-0.39, 0.29) is 0 Å². The highest BCUT2D eigenvalue weighted by molar-refractivity contribution is 4.68. The van der Waals surface area contributed by atoms with E-state index in [0.717, 1.165) is 26.0 Å². The molecule has 1 aromatic rings. The van der Waals surface area contributed by atoms with Gasteiger partial charge < -0.3 is 4.74 Å².